The minimum absolute atomic E-state index is 0. The third-order valence-electron chi connectivity index (χ3n) is 4.09. The Labute approximate surface area is 140 Å². The van der Waals surface area contributed by atoms with Gasteiger partial charge < -0.3 is 5.73 Å². The number of fused-ring (bicyclic) bond motifs is 1. The summed E-state index contributed by atoms with van der Waals surface area (Å²) >= 11 is 0. The Morgan fingerprint density at radius 3 is 2.82 bits per heavy atom. The predicted octanol–water partition coefficient (Wildman–Crippen LogP) is 3.42. The number of nitrogen functional groups attached to an aromatic ring is 1. The first-order valence-electron chi connectivity index (χ1n) is 7.79. The van der Waals surface area contributed by atoms with Crippen molar-refractivity contribution < 1.29 is 8.42 Å². The van der Waals surface area contributed by atoms with Gasteiger partial charge in [-0.1, -0.05) is 26.3 Å². The van der Waals surface area contributed by atoms with Crippen LogP contribution in [0.3, 0.4) is 0 Å². The fraction of sp³-hybridized carbons (Fsp3) is 0.625. The van der Waals surface area contributed by atoms with E-state index < -0.39 is 10.0 Å². The maximum absolute atomic E-state index is 12.3. The number of rotatable bonds is 6. The number of benzene rings is 1. The summed E-state index contributed by atoms with van der Waals surface area (Å²) in [6.07, 6.45) is 4.79. The molecule has 0 fully saturated rings. The van der Waals surface area contributed by atoms with Gasteiger partial charge in [-0.15, -0.1) is 12.4 Å². The normalized spacial score (nSPS) is 19.1. The second kappa shape index (κ2) is 8.18. The number of sulfonamides is 1. The van der Waals surface area contributed by atoms with Crippen LogP contribution in [0.25, 0.3) is 0 Å². The van der Waals surface area contributed by atoms with Gasteiger partial charge >= 0.3 is 0 Å². The Morgan fingerprint density at radius 2 is 2.14 bits per heavy atom. The van der Waals surface area contributed by atoms with Gasteiger partial charge in [0.05, 0.1) is 5.75 Å². The second-order valence-corrected chi connectivity index (χ2v) is 7.99. The molecule has 0 spiro atoms. The number of halogens is 1. The van der Waals surface area contributed by atoms with Crippen LogP contribution in [0.15, 0.2) is 18.2 Å². The Bertz CT molecular complexity index is 590. The molecule has 0 aromatic heterocycles. The van der Waals surface area contributed by atoms with Gasteiger partial charge in [-0.2, -0.15) is 0 Å². The van der Waals surface area contributed by atoms with Crippen molar-refractivity contribution >= 4 is 28.1 Å². The van der Waals surface area contributed by atoms with Crippen molar-refractivity contribution in [1.29, 1.82) is 0 Å². The van der Waals surface area contributed by atoms with Crippen LogP contribution in [0.1, 0.15) is 56.7 Å². The minimum atomic E-state index is -3.24. The number of aryl methyl sites for hydroxylation is 1. The Hall–Kier alpha value is -0.780. The van der Waals surface area contributed by atoms with E-state index in [-0.39, 0.29) is 30.1 Å². The predicted molar refractivity (Wildman–Crippen MR) is 94.8 cm³/mol. The fourth-order valence-electron chi connectivity index (χ4n) is 3.17. The lowest BCUT2D eigenvalue weighted by Gasteiger charge is -2.27. The Kier molecular flexibility index (Phi) is 7.16. The van der Waals surface area contributed by atoms with E-state index in [2.05, 4.69) is 11.6 Å². The molecule has 0 saturated carbocycles. The molecule has 0 bridgehead atoms. The van der Waals surface area contributed by atoms with Crippen molar-refractivity contribution in [2.45, 2.75) is 52.0 Å². The first kappa shape index (κ1) is 19.3. The highest BCUT2D eigenvalue weighted by atomic mass is 35.5. The standard InChI is InChI=1S/C16H26N2O2S.ClH/c1-3-5-12(2)11-21(19,20)18-16-7-4-6-13-10-14(17)8-9-15(13)16;/h8-10,12,16,18H,3-7,11,17H2,1-2H3;1H. The van der Waals surface area contributed by atoms with Crippen LogP contribution in [0, 0.1) is 5.92 Å². The smallest absolute Gasteiger partial charge is 0.212 e. The van der Waals surface area contributed by atoms with Crippen LogP contribution >= 0.6 is 12.4 Å². The number of hydrogen-bond donors (Lipinski definition) is 2. The molecule has 22 heavy (non-hydrogen) atoms. The van der Waals surface area contributed by atoms with E-state index in [1.165, 1.54) is 5.56 Å². The van der Waals surface area contributed by atoms with Crippen LogP contribution in [0.2, 0.25) is 0 Å². The van der Waals surface area contributed by atoms with Crippen LogP contribution in [-0.4, -0.2) is 14.2 Å². The van der Waals surface area contributed by atoms with E-state index in [0.29, 0.717) is 0 Å². The Morgan fingerprint density at radius 1 is 1.41 bits per heavy atom. The quantitative estimate of drug-likeness (QED) is 0.775. The van der Waals surface area contributed by atoms with Crippen molar-refractivity contribution in [2.75, 3.05) is 11.5 Å². The molecule has 0 aliphatic heterocycles. The molecule has 1 aromatic rings. The van der Waals surface area contributed by atoms with Gasteiger partial charge in [-0.05, 0) is 54.9 Å². The average Bonchev–Trinajstić information content (AvgIpc) is 2.37. The molecule has 6 heteroatoms. The first-order chi connectivity index (χ1) is 9.91. The highest BCUT2D eigenvalue weighted by molar-refractivity contribution is 7.89. The molecule has 0 radical (unpaired) electrons. The van der Waals surface area contributed by atoms with E-state index in [4.69, 9.17) is 5.73 Å². The van der Waals surface area contributed by atoms with E-state index in [1.807, 2.05) is 25.1 Å². The Balaban J connectivity index is 0.00000242. The molecule has 2 atom stereocenters. The van der Waals surface area contributed by atoms with Crippen LogP contribution in [-0.2, 0) is 16.4 Å². The lowest BCUT2D eigenvalue weighted by molar-refractivity contribution is 0.494. The SMILES string of the molecule is CCCC(C)CS(=O)(=O)NC1CCCc2cc(N)ccc21.Cl. The summed E-state index contributed by atoms with van der Waals surface area (Å²) in [5.41, 5.74) is 8.82. The summed E-state index contributed by atoms with van der Waals surface area (Å²) < 4.78 is 27.5. The average molecular weight is 347 g/mol. The van der Waals surface area contributed by atoms with Crippen LogP contribution in [0.4, 0.5) is 5.69 Å². The molecule has 3 N–H and O–H groups in total. The van der Waals surface area contributed by atoms with Gasteiger partial charge in [-0.3, -0.25) is 0 Å². The summed E-state index contributed by atoms with van der Waals surface area (Å²) in [5.74, 6) is 0.406. The zero-order valence-corrected chi connectivity index (χ0v) is 15.0. The van der Waals surface area contributed by atoms with E-state index in [9.17, 15) is 8.42 Å². The number of nitrogens with two attached hydrogens (primary N) is 1. The highest BCUT2D eigenvalue weighted by Gasteiger charge is 2.25. The monoisotopic (exact) mass is 346 g/mol. The van der Waals surface area contributed by atoms with Crippen molar-refractivity contribution in [2.24, 2.45) is 5.92 Å². The van der Waals surface area contributed by atoms with E-state index >= 15 is 0 Å². The molecular formula is C16H27ClN2O2S. The van der Waals surface area contributed by atoms with Crippen molar-refractivity contribution in [3.8, 4) is 0 Å². The van der Waals surface area contributed by atoms with Gasteiger partial charge in [0.2, 0.25) is 10.0 Å². The molecule has 2 rings (SSSR count). The summed E-state index contributed by atoms with van der Waals surface area (Å²) in [5, 5.41) is 0. The molecule has 1 aliphatic carbocycles. The van der Waals surface area contributed by atoms with Gasteiger partial charge in [-0.25, -0.2) is 13.1 Å². The number of hydrogen-bond acceptors (Lipinski definition) is 3. The summed E-state index contributed by atoms with van der Waals surface area (Å²) in [6.45, 7) is 4.08. The van der Waals surface area contributed by atoms with Gasteiger partial charge in [0.25, 0.3) is 0 Å². The second-order valence-electron chi connectivity index (χ2n) is 6.20. The molecule has 126 valence electrons. The van der Waals surface area contributed by atoms with Gasteiger partial charge in [0.15, 0.2) is 0 Å². The number of nitrogens with one attached hydrogen (secondary N) is 1. The maximum Gasteiger partial charge on any atom is 0.212 e. The van der Waals surface area contributed by atoms with Crippen molar-refractivity contribution in [1.82, 2.24) is 4.72 Å². The summed E-state index contributed by atoms with van der Waals surface area (Å²) in [4.78, 5) is 0. The largest absolute Gasteiger partial charge is 0.399 e. The minimum Gasteiger partial charge on any atom is -0.399 e. The molecular weight excluding hydrogens is 320 g/mol. The topological polar surface area (TPSA) is 72.2 Å². The van der Waals surface area contributed by atoms with E-state index in [0.717, 1.165) is 43.4 Å². The summed E-state index contributed by atoms with van der Waals surface area (Å²) in [7, 11) is -3.24. The molecule has 1 aromatic carbocycles. The zero-order valence-electron chi connectivity index (χ0n) is 13.3. The van der Waals surface area contributed by atoms with Gasteiger partial charge in [0, 0.05) is 11.7 Å². The zero-order chi connectivity index (χ0) is 15.5. The van der Waals surface area contributed by atoms with Gasteiger partial charge in [0.1, 0.15) is 0 Å². The summed E-state index contributed by atoms with van der Waals surface area (Å²) in [6, 6.07) is 5.68. The lowest BCUT2D eigenvalue weighted by atomic mass is 9.88. The number of anilines is 1. The molecule has 4 nitrogen and oxygen atoms in total. The third-order valence-corrected chi connectivity index (χ3v) is 5.74. The molecule has 0 amide bonds. The van der Waals surface area contributed by atoms with Crippen molar-refractivity contribution in [3.63, 3.8) is 0 Å². The third kappa shape index (κ3) is 5.14. The molecule has 0 saturated heterocycles. The van der Waals surface area contributed by atoms with Crippen LogP contribution in [0.5, 0.6) is 0 Å². The van der Waals surface area contributed by atoms with E-state index in [1.54, 1.807) is 0 Å². The van der Waals surface area contributed by atoms with Crippen molar-refractivity contribution in [3.05, 3.63) is 29.3 Å². The lowest BCUT2D eigenvalue weighted by Crippen LogP contribution is -2.34. The molecule has 2 unspecified atom stereocenters. The fourth-order valence-corrected chi connectivity index (χ4v) is 4.86. The van der Waals surface area contributed by atoms with Crippen LogP contribution < -0.4 is 10.5 Å². The molecule has 0 heterocycles. The first-order valence-corrected chi connectivity index (χ1v) is 9.45. The maximum atomic E-state index is 12.3. The molecule has 1 aliphatic rings. The highest BCUT2D eigenvalue weighted by Crippen LogP contribution is 2.31.